The predicted molar refractivity (Wildman–Crippen MR) is 109 cm³/mol. The van der Waals surface area contributed by atoms with E-state index < -0.39 is 5.63 Å². The van der Waals surface area contributed by atoms with E-state index in [4.69, 9.17) is 13.9 Å². The van der Waals surface area contributed by atoms with Crippen molar-refractivity contribution in [2.45, 2.75) is 25.5 Å². The highest BCUT2D eigenvalue weighted by Gasteiger charge is 2.26. The molecule has 1 saturated heterocycles. The number of hydrogen-bond donors (Lipinski definition) is 0. The van der Waals surface area contributed by atoms with Crippen LogP contribution in [0.5, 0.6) is 5.75 Å². The average molecular weight is 393 g/mol. The van der Waals surface area contributed by atoms with Crippen LogP contribution in [0, 0.1) is 0 Å². The number of para-hydroxylation sites is 1. The Balaban J connectivity index is 1.66. The summed E-state index contributed by atoms with van der Waals surface area (Å²) in [5, 5.41) is 0.717. The lowest BCUT2D eigenvalue weighted by atomic mass is 10.1. The molecule has 0 N–H and O–H groups in total. The molecule has 1 atom stereocenters. The van der Waals surface area contributed by atoms with Gasteiger partial charge in [-0.15, -0.1) is 0 Å². The Kier molecular flexibility index (Phi) is 5.62. The van der Waals surface area contributed by atoms with Crippen molar-refractivity contribution in [1.82, 2.24) is 4.90 Å². The van der Waals surface area contributed by atoms with Crippen LogP contribution in [0.25, 0.3) is 11.0 Å². The van der Waals surface area contributed by atoms with Gasteiger partial charge in [0.05, 0.1) is 13.2 Å². The van der Waals surface area contributed by atoms with Crippen molar-refractivity contribution in [3.05, 3.63) is 76.1 Å². The van der Waals surface area contributed by atoms with Crippen molar-refractivity contribution in [2.24, 2.45) is 0 Å². The number of fused-ring (bicyclic) bond motifs is 1. The van der Waals surface area contributed by atoms with Crippen LogP contribution in [0.4, 0.5) is 0 Å². The number of rotatable bonds is 6. The second-order valence-electron chi connectivity index (χ2n) is 7.16. The van der Waals surface area contributed by atoms with Gasteiger partial charge in [0.25, 0.3) is 5.91 Å². The highest BCUT2D eigenvalue weighted by molar-refractivity contribution is 5.96. The van der Waals surface area contributed by atoms with E-state index in [2.05, 4.69) is 0 Å². The summed E-state index contributed by atoms with van der Waals surface area (Å²) < 4.78 is 16.4. The summed E-state index contributed by atoms with van der Waals surface area (Å²) in [6, 6.07) is 16.3. The standard InChI is InChI=1S/C23H23NO5/c1-27-18-8-4-6-16(12-18)14-24(15-19-9-5-11-28-19)22(25)20-13-17-7-2-3-10-21(17)29-23(20)26/h2-4,6-8,10,12-13,19H,5,9,11,14-15H2,1H3/t19-/m1/s1. The molecule has 0 spiro atoms. The SMILES string of the molecule is COc1cccc(CN(C[C@H]2CCCO2)C(=O)c2cc3ccccc3oc2=O)c1. The third-order valence-electron chi connectivity index (χ3n) is 5.11. The van der Waals surface area contributed by atoms with Crippen molar-refractivity contribution >= 4 is 16.9 Å². The summed E-state index contributed by atoms with van der Waals surface area (Å²) in [6.45, 7) is 1.47. The molecule has 2 heterocycles. The first-order valence-corrected chi connectivity index (χ1v) is 9.71. The second kappa shape index (κ2) is 8.49. The van der Waals surface area contributed by atoms with E-state index >= 15 is 0 Å². The molecule has 150 valence electrons. The molecule has 2 aromatic carbocycles. The predicted octanol–water partition coefficient (Wildman–Crippen LogP) is 3.62. The smallest absolute Gasteiger partial charge is 0.349 e. The fourth-order valence-electron chi connectivity index (χ4n) is 3.63. The van der Waals surface area contributed by atoms with Crippen molar-refractivity contribution in [3.63, 3.8) is 0 Å². The van der Waals surface area contributed by atoms with Gasteiger partial charge in [-0.25, -0.2) is 4.79 Å². The minimum absolute atomic E-state index is 0.0305. The van der Waals surface area contributed by atoms with Crippen LogP contribution in [-0.4, -0.2) is 37.2 Å². The molecule has 6 heteroatoms. The van der Waals surface area contributed by atoms with E-state index in [1.54, 1.807) is 30.2 Å². The van der Waals surface area contributed by atoms with E-state index in [1.165, 1.54) is 0 Å². The summed E-state index contributed by atoms with van der Waals surface area (Å²) in [7, 11) is 1.61. The van der Waals surface area contributed by atoms with Crippen LogP contribution in [0.2, 0.25) is 0 Å². The zero-order valence-corrected chi connectivity index (χ0v) is 16.3. The molecule has 0 bridgehead atoms. The second-order valence-corrected chi connectivity index (χ2v) is 7.16. The molecule has 3 aromatic rings. The van der Waals surface area contributed by atoms with Crippen molar-refractivity contribution < 1.29 is 18.7 Å². The Hall–Kier alpha value is -3.12. The molecule has 1 aliphatic heterocycles. The third kappa shape index (κ3) is 4.32. The topological polar surface area (TPSA) is 69.0 Å². The minimum atomic E-state index is -0.628. The van der Waals surface area contributed by atoms with Gasteiger partial charge in [0, 0.05) is 25.1 Å². The molecule has 4 rings (SSSR count). The first-order chi connectivity index (χ1) is 14.1. The number of carbonyl (C=O) groups is 1. The first kappa shape index (κ1) is 19.2. The number of hydrogen-bond acceptors (Lipinski definition) is 5. The molecule has 0 saturated carbocycles. The summed E-state index contributed by atoms with van der Waals surface area (Å²) in [5.74, 6) is 0.361. The maximum Gasteiger partial charge on any atom is 0.349 e. The van der Waals surface area contributed by atoms with Crippen LogP contribution in [-0.2, 0) is 11.3 Å². The Morgan fingerprint density at radius 3 is 2.83 bits per heavy atom. The van der Waals surface area contributed by atoms with Gasteiger partial charge >= 0.3 is 5.63 Å². The van der Waals surface area contributed by atoms with Gasteiger partial charge in [0.2, 0.25) is 0 Å². The maximum atomic E-state index is 13.3. The van der Waals surface area contributed by atoms with Crippen LogP contribution >= 0.6 is 0 Å². The fourth-order valence-corrected chi connectivity index (χ4v) is 3.63. The van der Waals surface area contributed by atoms with Gasteiger partial charge < -0.3 is 18.8 Å². The molecular formula is C23H23NO5. The Labute approximate surface area is 168 Å². The maximum absolute atomic E-state index is 13.3. The highest BCUT2D eigenvalue weighted by Crippen LogP contribution is 2.20. The van der Waals surface area contributed by atoms with E-state index in [9.17, 15) is 9.59 Å². The largest absolute Gasteiger partial charge is 0.497 e. The number of methoxy groups -OCH3 is 1. The molecule has 1 aromatic heterocycles. The number of nitrogens with zero attached hydrogens (tertiary/aromatic N) is 1. The van der Waals surface area contributed by atoms with E-state index in [0.29, 0.717) is 30.7 Å². The molecule has 29 heavy (non-hydrogen) atoms. The summed E-state index contributed by atoms with van der Waals surface area (Å²) in [5.41, 5.74) is 0.787. The molecule has 0 aliphatic carbocycles. The van der Waals surface area contributed by atoms with Gasteiger partial charge in [-0.3, -0.25) is 4.79 Å². The molecule has 1 fully saturated rings. The molecular weight excluding hydrogens is 370 g/mol. The normalized spacial score (nSPS) is 16.1. The third-order valence-corrected chi connectivity index (χ3v) is 5.11. The van der Waals surface area contributed by atoms with E-state index in [-0.39, 0.29) is 17.6 Å². The molecule has 1 aliphatic rings. The average Bonchev–Trinajstić information content (AvgIpc) is 3.25. The molecule has 0 radical (unpaired) electrons. The lowest BCUT2D eigenvalue weighted by molar-refractivity contribution is 0.0504. The van der Waals surface area contributed by atoms with Crippen molar-refractivity contribution in [1.29, 1.82) is 0 Å². The number of carbonyl (C=O) groups excluding carboxylic acids is 1. The zero-order valence-electron chi connectivity index (χ0n) is 16.3. The van der Waals surface area contributed by atoms with Gasteiger partial charge in [0.15, 0.2) is 0 Å². The van der Waals surface area contributed by atoms with Gasteiger partial charge in [-0.05, 0) is 42.7 Å². The molecule has 0 unspecified atom stereocenters. The van der Waals surface area contributed by atoms with Crippen molar-refractivity contribution in [3.8, 4) is 5.75 Å². The minimum Gasteiger partial charge on any atom is -0.497 e. The van der Waals surface area contributed by atoms with E-state index in [0.717, 1.165) is 24.2 Å². The number of ether oxygens (including phenoxy) is 2. The fraction of sp³-hybridized carbons (Fsp3) is 0.304. The van der Waals surface area contributed by atoms with Crippen molar-refractivity contribution in [2.75, 3.05) is 20.3 Å². The molecule has 6 nitrogen and oxygen atoms in total. The zero-order chi connectivity index (χ0) is 20.2. The Bertz CT molecular complexity index is 1070. The monoisotopic (exact) mass is 393 g/mol. The highest BCUT2D eigenvalue weighted by atomic mass is 16.5. The summed E-state index contributed by atoms with van der Waals surface area (Å²) in [4.78, 5) is 27.5. The van der Waals surface area contributed by atoms with Gasteiger partial charge in [0.1, 0.15) is 16.9 Å². The number of amides is 1. The van der Waals surface area contributed by atoms with Crippen LogP contribution < -0.4 is 10.4 Å². The number of benzene rings is 2. The first-order valence-electron chi connectivity index (χ1n) is 9.71. The molecule has 1 amide bonds. The Morgan fingerprint density at radius 2 is 2.03 bits per heavy atom. The van der Waals surface area contributed by atoms with Crippen LogP contribution in [0.3, 0.4) is 0 Å². The summed E-state index contributed by atoms with van der Waals surface area (Å²) in [6.07, 6.45) is 1.84. The van der Waals surface area contributed by atoms with Gasteiger partial charge in [-0.2, -0.15) is 0 Å². The lowest BCUT2D eigenvalue weighted by Gasteiger charge is -2.25. The summed E-state index contributed by atoms with van der Waals surface area (Å²) >= 11 is 0. The van der Waals surface area contributed by atoms with Gasteiger partial charge in [-0.1, -0.05) is 30.3 Å². The quantitative estimate of drug-likeness (QED) is 0.598. The van der Waals surface area contributed by atoms with Crippen LogP contribution in [0.15, 0.2) is 63.8 Å². The Morgan fingerprint density at radius 1 is 1.17 bits per heavy atom. The van der Waals surface area contributed by atoms with E-state index in [1.807, 2.05) is 36.4 Å². The van der Waals surface area contributed by atoms with Crippen LogP contribution in [0.1, 0.15) is 28.8 Å². The lowest BCUT2D eigenvalue weighted by Crippen LogP contribution is -2.38.